The van der Waals surface area contributed by atoms with E-state index < -0.39 is 0 Å². The van der Waals surface area contributed by atoms with Gasteiger partial charge < -0.3 is 5.32 Å². The van der Waals surface area contributed by atoms with Crippen LogP contribution in [-0.4, -0.2) is 12.5 Å². The Morgan fingerprint density at radius 3 is 2.87 bits per heavy atom. The molecule has 1 N–H and O–H groups in total. The van der Waals surface area contributed by atoms with E-state index in [-0.39, 0.29) is 5.91 Å². The number of nitrogens with one attached hydrogen (secondary N) is 1. The number of hydrogen-bond acceptors (Lipinski definition) is 1. The van der Waals surface area contributed by atoms with Crippen LogP contribution in [0.2, 0.25) is 5.02 Å². The minimum Gasteiger partial charge on any atom is -0.341 e. The van der Waals surface area contributed by atoms with Crippen molar-refractivity contribution in [1.82, 2.24) is 5.32 Å². The summed E-state index contributed by atoms with van der Waals surface area (Å²) in [7, 11) is 0. The average molecular weight is 287 g/mol. The lowest BCUT2D eigenvalue weighted by atomic mass is 10.2. The van der Waals surface area contributed by atoms with Crippen LogP contribution in [0.3, 0.4) is 0 Å². The fraction of sp³-hybridized carbons (Fsp3) is 0.182. The fourth-order valence-electron chi connectivity index (χ4n) is 1.000. The van der Waals surface area contributed by atoms with Crippen molar-refractivity contribution in [3.63, 3.8) is 0 Å². The first kappa shape index (κ1) is 12.1. The highest BCUT2D eigenvalue weighted by molar-refractivity contribution is 9.10. The standard InChI is InChI=1S/C11H9BrClNO/c1-2-3-4-14-11(15)8-5-9(12)7-10(13)6-8/h5-7H,4H2,1H3,(H,14,15). The Hall–Kier alpha value is -0.980. The molecule has 1 aromatic rings. The molecule has 1 aromatic carbocycles. The van der Waals surface area contributed by atoms with Gasteiger partial charge in [-0.05, 0) is 25.1 Å². The maximum atomic E-state index is 11.6. The zero-order valence-corrected chi connectivity index (χ0v) is 10.4. The van der Waals surface area contributed by atoms with Gasteiger partial charge >= 0.3 is 0 Å². The largest absolute Gasteiger partial charge is 0.341 e. The molecule has 2 nitrogen and oxygen atoms in total. The molecule has 0 atom stereocenters. The molecule has 0 heterocycles. The minimum absolute atomic E-state index is 0.180. The lowest BCUT2D eigenvalue weighted by Crippen LogP contribution is -2.23. The van der Waals surface area contributed by atoms with Crippen LogP contribution in [-0.2, 0) is 0 Å². The van der Waals surface area contributed by atoms with Gasteiger partial charge in [-0.2, -0.15) is 0 Å². The molecular formula is C11H9BrClNO. The Morgan fingerprint density at radius 1 is 1.53 bits per heavy atom. The zero-order valence-electron chi connectivity index (χ0n) is 8.10. The number of halogens is 2. The normalized spacial score (nSPS) is 9.00. The maximum absolute atomic E-state index is 11.6. The van der Waals surface area contributed by atoms with Crippen LogP contribution >= 0.6 is 27.5 Å². The number of carbonyl (C=O) groups excluding carboxylic acids is 1. The van der Waals surface area contributed by atoms with Crippen molar-refractivity contribution in [1.29, 1.82) is 0 Å². The van der Waals surface area contributed by atoms with E-state index in [1.165, 1.54) is 0 Å². The Kier molecular flexibility index (Phi) is 4.67. The molecule has 0 saturated heterocycles. The Bertz CT molecular complexity index is 414. The van der Waals surface area contributed by atoms with Crippen molar-refractivity contribution in [2.75, 3.05) is 6.54 Å². The summed E-state index contributed by atoms with van der Waals surface area (Å²) < 4.78 is 0.779. The van der Waals surface area contributed by atoms with Gasteiger partial charge in [0.25, 0.3) is 5.91 Å². The number of benzene rings is 1. The fourth-order valence-corrected chi connectivity index (χ4v) is 1.86. The lowest BCUT2D eigenvalue weighted by Gasteiger charge is -2.02. The molecule has 4 heteroatoms. The molecule has 0 fully saturated rings. The van der Waals surface area contributed by atoms with Crippen molar-refractivity contribution in [2.24, 2.45) is 0 Å². The second kappa shape index (κ2) is 5.79. The van der Waals surface area contributed by atoms with Crippen molar-refractivity contribution in [3.05, 3.63) is 33.3 Å². The monoisotopic (exact) mass is 285 g/mol. The van der Waals surface area contributed by atoms with Crippen LogP contribution in [0.5, 0.6) is 0 Å². The third kappa shape index (κ3) is 3.94. The summed E-state index contributed by atoms with van der Waals surface area (Å²) in [4.78, 5) is 11.6. The smallest absolute Gasteiger partial charge is 0.252 e. The predicted molar refractivity (Wildman–Crippen MR) is 64.9 cm³/mol. The van der Waals surface area contributed by atoms with Gasteiger partial charge in [-0.25, -0.2) is 0 Å². The number of amides is 1. The number of hydrogen-bond donors (Lipinski definition) is 1. The van der Waals surface area contributed by atoms with Crippen LogP contribution in [0.4, 0.5) is 0 Å². The first-order valence-corrected chi connectivity index (χ1v) is 5.44. The van der Waals surface area contributed by atoms with Crippen molar-refractivity contribution in [2.45, 2.75) is 6.92 Å². The molecule has 15 heavy (non-hydrogen) atoms. The SMILES string of the molecule is CC#CCNC(=O)c1cc(Cl)cc(Br)c1. The molecule has 0 aromatic heterocycles. The Labute approximate surface area is 102 Å². The molecule has 0 saturated carbocycles. The van der Waals surface area contributed by atoms with E-state index in [0.717, 1.165) is 4.47 Å². The molecule has 0 aliphatic heterocycles. The summed E-state index contributed by atoms with van der Waals surface area (Å²) in [6, 6.07) is 5.05. The first-order chi connectivity index (χ1) is 7.13. The summed E-state index contributed by atoms with van der Waals surface area (Å²) in [5.74, 6) is 5.27. The van der Waals surface area contributed by atoms with Gasteiger partial charge in [0.15, 0.2) is 0 Å². The van der Waals surface area contributed by atoms with E-state index in [4.69, 9.17) is 11.6 Å². The summed E-state index contributed by atoms with van der Waals surface area (Å²) in [5.41, 5.74) is 0.521. The quantitative estimate of drug-likeness (QED) is 0.832. The van der Waals surface area contributed by atoms with E-state index in [1.807, 2.05) is 0 Å². The molecule has 0 aliphatic carbocycles. The van der Waals surface area contributed by atoms with E-state index in [9.17, 15) is 4.79 Å². The third-order valence-electron chi connectivity index (χ3n) is 1.64. The average Bonchev–Trinajstić information content (AvgIpc) is 2.16. The van der Waals surface area contributed by atoms with Crippen molar-refractivity contribution < 1.29 is 4.79 Å². The zero-order chi connectivity index (χ0) is 11.3. The second-order valence-corrected chi connectivity index (χ2v) is 4.12. The second-order valence-electron chi connectivity index (χ2n) is 2.77. The maximum Gasteiger partial charge on any atom is 0.252 e. The van der Waals surface area contributed by atoms with Crippen LogP contribution in [0.15, 0.2) is 22.7 Å². The Balaban J connectivity index is 2.76. The van der Waals surface area contributed by atoms with E-state index in [2.05, 4.69) is 33.1 Å². The van der Waals surface area contributed by atoms with Gasteiger partial charge in [0.1, 0.15) is 0 Å². The molecular weight excluding hydrogens is 277 g/mol. The highest BCUT2D eigenvalue weighted by Crippen LogP contribution is 2.19. The molecule has 0 bridgehead atoms. The topological polar surface area (TPSA) is 29.1 Å². The molecule has 0 radical (unpaired) electrons. The molecule has 1 rings (SSSR count). The summed E-state index contributed by atoms with van der Waals surface area (Å²) >= 11 is 9.09. The highest BCUT2D eigenvalue weighted by atomic mass is 79.9. The van der Waals surface area contributed by atoms with Crippen LogP contribution in [0.25, 0.3) is 0 Å². The van der Waals surface area contributed by atoms with Gasteiger partial charge in [0.2, 0.25) is 0 Å². The molecule has 0 aliphatic rings. The summed E-state index contributed by atoms with van der Waals surface area (Å²) in [6.45, 7) is 2.07. The van der Waals surface area contributed by atoms with Gasteiger partial charge in [-0.1, -0.05) is 33.5 Å². The van der Waals surface area contributed by atoms with Crippen molar-refractivity contribution in [3.8, 4) is 11.8 Å². The Morgan fingerprint density at radius 2 is 2.27 bits per heavy atom. The van der Waals surface area contributed by atoms with E-state index in [0.29, 0.717) is 17.1 Å². The molecule has 0 spiro atoms. The van der Waals surface area contributed by atoms with Gasteiger partial charge in [-0.3, -0.25) is 4.79 Å². The van der Waals surface area contributed by atoms with Gasteiger partial charge in [0, 0.05) is 15.1 Å². The molecule has 0 unspecified atom stereocenters. The number of rotatable bonds is 2. The van der Waals surface area contributed by atoms with E-state index in [1.54, 1.807) is 25.1 Å². The highest BCUT2D eigenvalue weighted by Gasteiger charge is 2.05. The van der Waals surface area contributed by atoms with E-state index >= 15 is 0 Å². The first-order valence-electron chi connectivity index (χ1n) is 4.27. The van der Waals surface area contributed by atoms with Crippen LogP contribution < -0.4 is 5.32 Å². The number of carbonyl (C=O) groups is 1. The van der Waals surface area contributed by atoms with Gasteiger partial charge in [-0.15, -0.1) is 5.92 Å². The molecule has 1 amide bonds. The summed E-state index contributed by atoms with van der Waals surface area (Å²) in [5, 5.41) is 3.19. The summed E-state index contributed by atoms with van der Waals surface area (Å²) in [6.07, 6.45) is 0. The molecule has 78 valence electrons. The van der Waals surface area contributed by atoms with Crippen molar-refractivity contribution >= 4 is 33.4 Å². The third-order valence-corrected chi connectivity index (χ3v) is 2.31. The van der Waals surface area contributed by atoms with Gasteiger partial charge in [0.05, 0.1) is 6.54 Å². The minimum atomic E-state index is -0.180. The lowest BCUT2D eigenvalue weighted by molar-refractivity contribution is 0.0958. The van der Waals surface area contributed by atoms with Crippen LogP contribution in [0, 0.1) is 11.8 Å². The predicted octanol–water partition coefficient (Wildman–Crippen LogP) is 2.86. The van der Waals surface area contributed by atoms with Crippen LogP contribution in [0.1, 0.15) is 17.3 Å².